The molecule has 0 aliphatic carbocycles. The van der Waals surface area contributed by atoms with Gasteiger partial charge in [0, 0.05) is 13.1 Å². The molecule has 1 amide bonds. The van der Waals surface area contributed by atoms with Crippen LogP contribution in [-0.4, -0.2) is 51.3 Å². The highest BCUT2D eigenvalue weighted by atomic mass is 32.1. The summed E-state index contributed by atoms with van der Waals surface area (Å²) in [7, 11) is 1.61. The van der Waals surface area contributed by atoms with Crippen LogP contribution in [0.1, 0.15) is 22.3 Å². The molecule has 0 radical (unpaired) electrons. The number of likely N-dealkylation sites (tertiary alicyclic amines) is 1. The van der Waals surface area contributed by atoms with Crippen molar-refractivity contribution in [3.05, 3.63) is 59.4 Å². The van der Waals surface area contributed by atoms with Crippen LogP contribution in [0.5, 0.6) is 5.75 Å². The predicted molar refractivity (Wildman–Crippen MR) is 107 cm³/mol. The van der Waals surface area contributed by atoms with E-state index < -0.39 is 0 Å². The number of carbonyl (C=O) groups is 1. The van der Waals surface area contributed by atoms with Crippen LogP contribution in [0.25, 0.3) is 22.0 Å². The monoisotopic (exact) mass is 407 g/mol. The van der Waals surface area contributed by atoms with E-state index in [4.69, 9.17) is 9.26 Å². The molecule has 0 atom stereocenters. The minimum Gasteiger partial charge on any atom is -0.496 e. The van der Waals surface area contributed by atoms with Gasteiger partial charge in [-0.1, -0.05) is 23.4 Å². The van der Waals surface area contributed by atoms with Gasteiger partial charge in [0.15, 0.2) is 5.69 Å². The van der Waals surface area contributed by atoms with Crippen molar-refractivity contribution in [3.63, 3.8) is 0 Å². The van der Waals surface area contributed by atoms with Gasteiger partial charge in [0.2, 0.25) is 11.7 Å². The quantitative estimate of drug-likeness (QED) is 0.544. The number of amides is 1. The minimum absolute atomic E-state index is 0.0191. The average molecular weight is 407 g/mol. The molecule has 0 bridgehead atoms. The lowest BCUT2D eigenvalue weighted by Gasteiger charge is -2.36. The molecule has 146 valence electrons. The molecular formula is C20H17N5O3S. The molecule has 5 rings (SSSR count). The molecule has 9 heteroatoms. The van der Waals surface area contributed by atoms with E-state index in [0.717, 1.165) is 16.1 Å². The maximum atomic E-state index is 12.7. The topological polar surface area (TPSA) is 97.1 Å². The first-order valence-electron chi connectivity index (χ1n) is 9.08. The second-order valence-electron chi connectivity index (χ2n) is 6.71. The van der Waals surface area contributed by atoms with Crippen molar-refractivity contribution in [2.45, 2.75) is 5.92 Å². The Hall–Kier alpha value is -3.46. The second kappa shape index (κ2) is 7.17. The Morgan fingerprint density at radius 1 is 1.28 bits per heavy atom. The lowest BCUT2D eigenvalue weighted by atomic mass is 9.99. The highest BCUT2D eigenvalue weighted by Crippen LogP contribution is 2.32. The first-order valence-corrected chi connectivity index (χ1v) is 9.96. The summed E-state index contributed by atoms with van der Waals surface area (Å²) in [6.45, 7) is 1.04. The number of nitrogens with zero attached hydrogens (tertiary/aromatic N) is 4. The van der Waals surface area contributed by atoms with Gasteiger partial charge in [-0.25, -0.2) is 0 Å². The fourth-order valence-electron chi connectivity index (χ4n) is 3.29. The smallest absolute Gasteiger partial charge is 0.274 e. The highest BCUT2D eigenvalue weighted by Gasteiger charge is 2.37. The van der Waals surface area contributed by atoms with Gasteiger partial charge >= 0.3 is 0 Å². The third-order valence-electron chi connectivity index (χ3n) is 4.89. The largest absolute Gasteiger partial charge is 0.496 e. The summed E-state index contributed by atoms with van der Waals surface area (Å²) in [6.07, 6.45) is 0. The molecule has 1 aliphatic heterocycles. The number of methoxy groups -OCH3 is 1. The first kappa shape index (κ1) is 17.6. The molecule has 1 N–H and O–H groups in total. The number of hydrogen-bond donors (Lipinski definition) is 1. The van der Waals surface area contributed by atoms with Crippen molar-refractivity contribution < 1.29 is 14.1 Å². The van der Waals surface area contributed by atoms with E-state index in [0.29, 0.717) is 36.2 Å². The van der Waals surface area contributed by atoms with Gasteiger partial charge in [-0.2, -0.15) is 10.1 Å². The number of para-hydroxylation sites is 1. The molecule has 1 saturated heterocycles. The Balaban J connectivity index is 1.26. The summed E-state index contributed by atoms with van der Waals surface area (Å²) in [4.78, 5) is 19.9. The average Bonchev–Trinajstić information content (AvgIpc) is 3.47. The Labute approximate surface area is 170 Å². The van der Waals surface area contributed by atoms with Gasteiger partial charge in [0.25, 0.3) is 5.91 Å². The summed E-state index contributed by atoms with van der Waals surface area (Å²) in [6, 6.07) is 13.3. The van der Waals surface area contributed by atoms with Crippen molar-refractivity contribution in [3.8, 4) is 27.7 Å². The first-order chi connectivity index (χ1) is 14.2. The van der Waals surface area contributed by atoms with Crippen molar-refractivity contribution >= 4 is 17.2 Å². The van der Waals surface area contributed by atoms with Gasteiger partial charge in [0.05, 0.1) is 29.2 Å². The van der Waals surface area contributed by atoms with Crippen LogP contribution in [-0.2, 0) is 0 Å². The van der Waals surface area contributed by atoms with E-state index in [9.17, 15) is 4.79 Å². The van der Waals surface area contributed by atoms with E-state index in [1.807, 2.05) is 41.8 Å². The SMILES string of the molecule is COc1ccccc1-c1noc(C2CN(C(=O)c3cc(-c4cccs4)[nH]n3)C2)n1. The molecule has 0 saturated carbocycles. The van der Waals surface area contributed by atoms with E-state index in [1.54, 1.807) is 29.4 Å². The standard InChI is InChI=1S/C20H17N5O3S/c1-27-16-6-3-2-5-13(16)18-21-19(28-24-18)12-10-25(11-12)20(26)15-9-14(22-23-15)17-7-4-8-29-17/h2-9,12H,10-11H2,1H3,(H,22,23). The van der Waals surface area contributed by atoms with Crippen molar-refractivity contribution in [1.29, 1.82) is 0 Å². The van der Waals surface area contributed by atoms with E-state index in [-0.39, 0.29) is 11.8 Å². The summed E-state index contributed by atoms with van der Waals surface area (Å²) < 4.78 is 10.8. The molecule has 4 aromatic rings. The highest BCUT2D eigenvalue weighted by molar-refractivity contribution is 7.13. The van der Waals surface area contributed by atoms with Gasteiger partial charge < -0.3 is 14.2 Å². The summed E-state index contributed by atoms with van der Waals surface area (Å²) in [5.74, 6) is 1.60. The van der Waals surface area contributed by atoms with E-state index >= 15 is 0 Å². The van der Waals surface area contributed by atoms with Gasteiger partial charge in [-0.15, -0.1) is 11.3 Å². The fraction of sp³-hybridized carbons (Fsp3) is 0.200. The van der Waals surface area contributed by atoms with Crippen LogP contribution < -0.4 is 4.74 Å². The van der Waals surface area contributed by atoms with Crippen molar-refractivity contribution in [2.75, 3.05) is 20.2 Å². The summed E-state index contributed by atoms with van der Waals surface area (Å²) in [5.41, 5.74) is 2.03. The zero-order valence-electron chi connectivity index (χ0n) is 15.5. The Morgan fingerprint density at radius 2 is 2.14 bits per heavy atom. The maximum Gasteiger partial charge on any atom is 0.274 e. The fourth-order valence-corrected chi connectivity index (χ4v) is 3.98. The molecule has 1 aromatic carbocycles. The maximum absolute atomic E-state index is 12.7. The third kappa shape index (κ3) is 3.19. The normalized spacial score (nSPS) is 14.0. The Morgan fingerprint density at radius 3 is 2.93 bits per heavy atom. The van der Waals surface area contributed by atoms with Gasteiger partial charge in [-0.05, 0) is 29.6 Å². The Bertz CT molecular complexity index is 1140. The van der Waals surface area contributed by atoms with Gasteiger partial charge in [-0.3, -0.25) is 9.89 Å². The molecule has 0 spiro atoms. The minimum atomic E-state index is -0.107. The molecule has 0 unspecified atom stereocenters. The molecule has 1 fully saturated rings. The summed E-state index contributed by atoms with van der Waals surface area (Å²) in [5, 5.41) is 13.1. The van der Waals surface area contributed by atoms with Crippen LogP contribution in [0.3, 0.4) is 0 Å². The molecular weight excluding hydrogens is 390 g/mol. The molecule has 8 nitrogen and oxygen atoms in total. The second-order valence-corrected chi connectivity index (χ2v) is 7.66. The Kier molecular flexibility index (Phi) is 4.36. The number of aromatic nitrogens is 4. The van der Waals surface area contributed by atoms with Crippen LogP contribution in [0.15, 0.2) is 52.4 Å². The van der Waals surface area contributed by atoms with Crippen LogP contribution in [0.4, 0.5) is 0 Å². The lowest BCUT2D eigenvalue weighted by Crippen LogP contribution is -2.48. The molecule has 4 heterocycles. The number of aromatic amines is 1. The summed E-state index contributed by atoms with van der Waals surface area (Å²) >= 11 is 1.60. The van der Waals surface area contributed by atoms with Gasteiger partial charge in [0.1, 0.15) is 5.75 Å². The zero-order valence-corrected chi connectivity index (χ0v) is 16.3. The number of benzene rings is 1. The molecule has 3 aromatic heterocycles. The van der Waals surface area contributed by atoms with Crippen LogP contribution in [0.2, 0.25) is 0 Å². The number of nitrogens with one attached hydrogen (secondary N) is 1. The number of rotatable bonds is 5. The zero-order chi connectivity index (χ0) is 19.8. The number of thiophene rings is 1. The van der Waals surface area contributed by atoms with Crippen LogP contribution >= 0.6 is 11.3 Å². The van der Waals surface area contributed by atoms with Crippen molar-refractivity contribution in [1.82, 2.24) is 25.2 Å². The predicted octanol–water partition coefficient (Wildman–Crippen LogP) is 3.44. The number of ether oxygens (including phenoxy) is 1. The molecule has 29 heavy (non-hydrogen) atoms. The van der Waals surface area contributed by atoms with Crippen LogP contribution in [0, 0.1) is 0 Å². The van der Waals surface area contributed by atoms with E-state index in [2.05, 4.69) is 20.3 Å². The number of H-pyrrole nitrogens is 1. The third-order valence-corrected chi connectivity index (χ3v) is 5.79. The number of carbonyl (C=O) groups excluding carboxylic acids is 1. The van der Waals surface area contributed by atoms with E-state index in [1.165, 1.54) is 0 Å². The molecule has 1 aliphatic rings. The van der Waals surface area contributed by atoms with Crippen molar-refractivity contribution in [2.24, 2.45) is 0 Å². The number of hydrogen-bond acceptors (Lipinski definition) is 7. The lowest BCUT2D eigenvalue weighted by molar-refractivity contribution is 0.0563.